The molecule has 0 radical (unpaired) electrons. The molecular formula is C23H20FN5O2. The van der Waals surface area contributed by atoms with Crippen LogP contribution in [0, 0.1) is 19.7 Å². The number of hydrogen-bond acceptors (Lipinski definition) is 4. The third-order valence-corrected chi connectivity index (χ3v) is 4.97. The average molecular weight is 417 g/mol. The molecule has 0 fully saturated rings. The van der Waals surface area contributed by atoms with Gasteiger partial charge in [-0.2, -0.15) is 5.10 Å². The van der Waals surface area contributed by atoms with Gasteiger partial charge in [-0.15, -0.1) is 0 Å². The standard InChI is InChI=1S/C23H20FN5O2/c1-15-21(16(2)29(27-15)18-6-4-3-5-7-18)22(30)23(31)26-13-17-8-9-20(19(24)12-17)28-11-10-25-14-28/h3-12,14H,13H2,1-2H3,(H,26,31). The number of aryl methyl sites for hydroxylation is 1. The lowest BCUT2D eigenvalue weighted by Gasteiger charge is -2.08. The van der Waals surface area contributed by atoms with E-state index in [1.54, 1.807) is 47.6 Å². The fourth-order valence-corrected chi connectivity index (χ4v) is 3.44. The number of aromatic nitrogens is 4. The first-order valence-corrected chi connectivity index (χ1v) is 9.66. The van der Waals surface area contributed by atoms with Gasteiger partial charge in [0.1, 0.15) is 5.82 Å². The summed E-state index contributed by atoms with van der Waals surface area (Å²) in [6, 6.07) is 14.0. The summed E-state index contributed by atoms with van der Waals surface area (Å²) in [5, 5.41) is 6.98. The largest absolute Gasteiger partial charge is 0.345 e. The Labute approximate surface area is 178 Å². The Hall–Kier alpha value is -4.07. The van der Waals surface area contributed by atoms with Crippen molar-refractivity contribution in [3.05, 3.63) is 95.6 Å². The maximum Gasteiger partial charge on any atom is 0.292 e. The van der Waals surface area contributed by atoms with Crippen molar-refractivity contribution >= 4 is 11.7 Å². The Morgan fingerprint density at radius 3 is 2.55 bits per heavy atom. The molecule has 2 aromatic heterocycles. The first-order chi connectivity index (χ1) is 15.0. The SMILES string of the molecule is Cc1nn(-c2ccccc2)c(C)c1C(=O)C(=O)NCc1ccc(-n2ccnc2)c(F)c1. The molecule has 4 aromatic rings. The van der Waals surface area contributed by atoms with Crippen LogP contribution >= 0.6 is 0 Å². The Kier molecular flexibility index (Phi) is 5.44. The van der Waals surface area contributed by atoms with Crippen molar-refractivity contribution in [1.29, 1.82) is 0 Å². The molecule has 1 amide bonds. The number of Topliss-reactive ketones (excluding diaryl/α,β-unsaturated/α-hetero) is 1. The van der Waals surface area contributed by atoms with Crippen molar-refractivity contribution in [2.45, 2.75) is 20.4 Å². The molecule has 7 nitrogen and oxygen atoms in total. The zero-order valence-electron chi connectivity index (χ0n) is 17.0. The Balaban J connectivity index is 1.48. The fraction of sp³-hybridized carbons (Fsp3) is 0.130. The number of hydrogen-bond donors (Lipinski definition) is 1. The molecule has 0 aliphatic rings. The van der Waals surface area contributed by atoms with Crippen molar-refractivity contribution in [2.75, 3.05) is 0 Å². The van der Waals surface area contributed by atoms with E-state index < -0.39 is 17.5 Å². The van der Waals surface area contributed by atoms with Crippen LogP contribution in [0.2, 0.25) is 0 Å². The number of halogens is 1. The third kappa shape index (κ3) is 4.00. The summed E-state index contributed by atoms with van der Waals surface area (Å²) in [4.78, 5) is 29.2. The van der Waals surface area contributed by atoms with E-state index in [2.05, 4.69) is 15.4 Å². The second kappa shape index (κ2) is 8.35. The van der Waals surface area contributed by atoms with Crippen LogP contribution in [-0.4, -0.2) is 31.0 Å². The molecule has 2 aromatic carbocycles. The number of carbonyl (C=O) groups is 2. The number of nitrogens with one attached hydrogen (secondary N) is 1. The van der Waals surface area contributed by atoms with Crippen molar-refractivity contribution < 1.29 is 14.0 Å². The molecule has 0 saturated carbocycles. The minimum atomic E-state index is -0.766. The lowest BCUT2D eigenvalue weighted by Crippen LogP contribution is -2.31. The van der Waals surface area contributed by atoms with Gasteiger partial charge in [0.2, 0.25) is 0 Å². The number of ketones is 1. The van der Waals surface area contributed by atoms with E-state index in [0.29, 0.717) is 22.6 Å². The highest BCUT2D eigenvalue weighted by Gasteiger charge is 2.25. The minimum absolute atomic E-state index is 0.0244. The molecule has 4 rings (SSSR count). The zero-order valence-corrected chi connectivity index (χ0v) is 17.0. The number of carbonyl (C=O) groups excluding carboxylic acids is 2. The lowest BCUT2D eigenvalue weighted by molar-refractivity contribution is -0.117. The van der Waals surface area contributed by atoms with E-state index in [1.165, 1.54) is 12.4 Å². The van der Waals surface area contributed by atoms with Gasteiger partial charge in [-0.1, -0.05) is 24.3 Å². The molecule has 0 saturated heterocycles. The number of para-hydroxylation sites is 1. The van der Waals surface area contributed by atoms with E-state index >= 15 is 0 Å². The van der Waals surface area contributed by atoms with Crippen LogP contribution in [0.3, 0.4) is 0 Å². The maximum atomic E-state index is 14.4. The van der Waals surface area contributed by atoms with Gasteiger partial charge in [0, 0.05) is 18.9 Å². The second-order valence-electron chi connectivity index (χ2n) is 7.06. The van der Waals surface area contributed by atoms with Gasteiger partial charge >= 0.3 is 0 Å². The lowest BCUT2D eigenvalue weighted by atomic mass is 10.1. The van der Waals surface area contributed by atoms with E-state index in [1.807, 2.05) is 30.3 Å². The number of imidazole rings is 1. The molecule has 31 heavy (non-hydrogen) atoms. The average Bonchev–Trinajstić information content (AvgIpc) is 3.40. The van der Waals surface area contributed by atoms with Crippen LogP contribution < -0.4 is 5.32 Å². The first-order valence-electron chi connectivity index (χ1n) is 9.66. The highest BCUT2D eigenvalue weighted by atomic mass is 19.1. The molecule has 0 bridgehead atoms. The number of rotatable bonds is 6. The molecular weight excluding hydrogens is 397 g/mol. The highest BCUT2D eigenvalue weighted by Crippen LogP contribution is 2.19. The summed E-state index contributed by atoms with van der Waals surface area (Å²) in [5.74, 6) is -1.89. The highest BCUT2D eigenvalue weighted by molar-refractivity contribution is 6.43. The summed E-state index contributed by atoms with van der Waals surface area (Å²) in [7, 11) is 0. The van der Waals surface area contributed by atoms with Crippen LogP contribution in [0.5, 0.6) is 0 Å². The quantitative estimate of drug-likeness (QED) is 0.386. The molecule has 1 N–H and O–H groups in total. The van der Waals surface area contributed by atoms with E-state index in [0.717, 1.165) is 5.69 Å². The molecule has 156 valence electrons. The molecule has 0 spiro atoms. The molecule has 0 unspecified atom stereocenters. The van der Waals surface area contributed by atoms with Gasteiger partial charge in [0.05, 0.1) is 34.7 Å². The van der Waals surface area contributed by atoms with Crippen molar-refractivity contribution in [3.63, 3.8) is 0 Å². The summed E-state index contributed by atoms with van der Waals surface area (Å²) in [5.41, 5.74) is 3.01. The topological polar surface area (TPSA) is 81.8 Å². The monoisotopic (exact) mass is 417 g/mol. The first kappa shape index (κ1) is 20.2. The number of amides is 1. The zero-order chi connectivity index (χ0) is 22.0. The summed E-state index contributed by atoms with van der Waals surface area (Å²) in [6.07, 6.45) is 4.70. The van der Waals surface area contributed by atoms with Crippen LogP contribution in [-0.2, 0) is 11.3 Å². The van der Waals surface area contributed by atoms with Crippen molar-refractivity contribution in [1.82, 2.24) is 24.6 Å². The maximum absolute atomic E-state index is 14.4. The van der Waals surface area contributed by atoms with Crippen molar-refractivity contribution in [3.8, 4) is 11.4 Å². The van der Waals surface area contributed by atoms with Gasteiger partial charge in [-0.25, -0.2) is 14.1 Å². The third-order valence-electron chi connectivity index (χ3n) is 4.97. The number of benzene rings is 2. The van der Waals surface area contributed by atoms with Gasteiger partial charge in [-0.3, -0.25) is 9.59 Å². The predicted octanol–water partition coefficient (Wildman–Crippen LogP) is 3.31. The number of nitrogens with zero attached hydrogens (tertiary/aromatic N) is 4. The van der Waals surface area contributed by atoms with E-state index in [-0.39, 0.29) is 12.1 Å². The van der Waals surface area contributed by atoms with Crippen LogP contribution in [0.1, 0.15) is 27.3 Å². The molecule has 0 atom stereocenters. The van der Waals surface area contributed by atoms with Crippen LogP contribution in [0.15, 0.2) is 67.3 Å². The van der Waals surface area contributed by atoms with Crippen LogP contribution in [0.25, 0.3) is 11.4 Å². The Morgan fingerprint density at radius 1 is 1.10 bits per heavy atom. The van der Waals surface area contributed by atoms with E-state index in [4.69, 9.17) is 0 Å². The van der Waals surface area contributed by atoms with Gasteiger partial charge in [0.25, 0.3) is 11.7 Å². The Bertz CT molecular complexity index is 1250. The van der Waals surface area contributed by atoms with Gasteiger partial charge in [0.15, 0.2) is 0 Å². The van der Waals surface area contributed by atoms with Gasteiger partial charge in [-0.05, 0) is 43.7 Å². The molecule has 0 aliphatic carbocycles. The fourth-order valence-electron chi connectivity index (χ4n) is 3.44. The van der Waals surface area contributed by atoms with Crippen LogP contribution in [0.4, 0.5) is 4.39 Å². The van der Waals surface area contributed by atoms with Crippen molar-refractivity contribution in [2.24, 2.45) is 0 Å². The van der Waals surface area contributed by atoms with E-state index in [9.17, 15) is 14.0 Å². The molecule has 8 heteroatoms. The molecule has 0 aliphatic heterocycles. The summed E-state index contributed by atoms with van der Waals surface area (Å²) >= 11 is 0. The second-order valence-corrected chi connectivity index (χ2v) is 7.06. The summed E-state index contributed by atoms with van der Waals surface area (Å²) in [6.45, 7) is 3.46. The summed E-state index contributed by atoms with van der Waals surface area (Å²) < 4.78 is 17.6. The Morgan fingerprint density at radius 2 is 1.87 bits per heavy atom. The predicted molar refractivity (Wildman–Crippen MR) is 113 cm³/mol. The molecule has 2 heterocycles. The minimum Gasteiger partial charge on any atom is -0.345 e. The van der Waals surface area contributed by atoms with Gasteiger partial charge < -0.3 is 9.88 Å². The normalized spacial score (nSPS) is 10.8. The smallest absolute Gasteiger partial charge is 0.292 e.